The van der Waals surface area contributed by atoms with Gasteiger partial charge in [0.25, 0.3) is 0 Å². The SMILES string of the molecule is Cc1c(O)ccc(-c2cc3cc(O)cc(C)c3oc2=O)c1O. The lowest BCUT2D eigenvalue weighted by atomic mass is 10.0. The smallest absolute Gasteiger partial charge is 0.344 e. The summed E-state index contributed by atoms with van der Waals surface area (Å²) in [7, 11) is 0. The van der Waals surface area contributed by atoms with Gasteiger partial charge in [-0.3, -0.25) is 0 Å². The van der Waals surface area contributed by atoms with Crippen molar-refractivity contribution in [2.45, 2.75) is 13.8 Å². The highest BCUT2D eigenvalue weighted by molar-refractivity contribution is 5.86. The summed E-state index contributed by atoms with van der Waals surface area (Å²) >= 11 is 0. The molecule has 5 heteroatoms. The Kier molecular flexibility index (Phi) is 3.06. The van der Waals surface area contributed by atoms with E-state index in [2.05, 4.69) is 0 Å². The second-order valence-corrected chi connectivity index (χ2v) is 5.23. The molecule has 1 heterocycles. The van der Waals surface area contributed by atoms with E-state index < -0.39 is 5.63 Å². The van der Waals surface area contributed by atoms with Crippen LogP contribution in [0.2, 0.25) is 0 Å². The van der Waals surface area contributed by atoms with Crippen LogP contribution in [0.15, 0.2) is 39.5 Å². The van der Waals surface area contributed by atoms with Gasteiger partial charge in [0, 0.05) is 16.5 Å². The molecular weight excluding hydrogens is 284 g/mol. The number of hydrogen-bond donors (Lipinski definition) is 3. The van der Waals surface area contributed by atoms with Gasteiger partial charge in [0.15, 0.2) is 0 Å². The number of phenols is 3. The van der Waals surface area contributed by atoms with Crippen molar-refractivity contribution in [1.82, 2.24) is 0 Å². The van der Waals surface area contributed by atoms with Crippen molar-refractivity contribution in [3.8, 4) is 28.4 Å². The van der Waals surface area contributed by atoms with Gasteiger partial charge in [0.05, 0.1) is 5.56 Å². The molecule has 0 aliphatic rings. The number of aromatic hydroxyl groups is 3. The predicted octanol–water partition coefficient (Wildman–Crippen LogP) is 3.19. The van der Waals surface area contributed by atoms with E-state index in [0.29, 0.717) is 16.5 Å². The van der Waals surface area contributed by atoms with Crippen LogP contribution in [-0.4, -0.2) is 15.3 Å². The van der Waals surface area contributed by atoms with Crippen molar-refractivity contribution in [3.05, 3.63) is 51.9 Å². The molecule has 3 rings (SSSR count). The van der Waals surface area contributed by atoms with Crippen LogP contribution in [0.25, 0.3) is 22.1 Å². The molecule has 0 spiro atoms. The molecule has 0 saturated carbocycles. The van der Waals surface area contributed by atoms with Crippen molar-refractivity contribution in [2.24, 2.45) is 0 Å². The number of benzene rings is 2. The van der Waals surface area contributed by atoms with Gasteiger partial charge in [0.2, 0.25) is 0 Å². The molecule has 0 saturated heterocycles. The zero-order chi connectivity index (χ0) is 16.0. The van der Waals surface area contributed by atoms with E-state index in [0.717, 1.165) is 0 Å². The highest BCUT2D eigenvalue weighted by Gasteiger charge is 2.16. The number of phenolic OH excluding ortho intramolecular Hbond substituents is 3. The Morgan fingerprint density at radius 1 is 0.955 bits per heavy atom. The van der Waals surface area contributed by atoms with Crippen LogP contribution in [0.3, 0.4) is 0 Å². The molecule has 3 N–H and O–H groups in total. The van der Waals surface area contributed by atoms with Crippen LogP contribution in [-0.2, 0) is 0 Å². The minimum atomic E-state index is -0.596. The first-order valence-electron chi connectivity index (χ1n) is 6.68. The first-order chi connectivity index (χ1) is 10.4. The van der Waals surface area contributed by atoms with Gasteiger partial charge in [-0.25, -0.2) is 4.79 Å². The van der Waals surface area contributed by atoms with E-state index in [-0.39, 0.29) is 33.9 Å². The summed E-state index contributed by atoms with van der Waals surface area (Å²) in [6.45, 7) is 3.28. The first-order valence-corrected chi connectivity index (χ1v) is 6.68. The topological polar surface area (TPSA) is 90.9 Å². The zero-order valence-electron chi connectivity index (χ0n) is 12.0. The fourth-order valence-corrected chi connectivity index (χ4v) is 2.48. The molecule has 5 nitrogen and oxygen atoms in total. The van der Waals surface area contributed by atoms with Gasteiger partial charge in [-0.15, -0.1) is 0 Å². The Bertz CT molecular complexity index is 953. The molecule has 3 aromatic rings. The Hall–Kier alpha value is -2.95. The number of rotatable bonds is 1. The summed E-state index contributed by atoms with van der Waals surface area (Å²) in [5, 5.41) is 30.0. The molecule has 0 fully saturated rings. The summed E-state index contributed by atoms with van der Waals surface area (Å²) in [6, 6.07) is 7.40. The third-order valence-corrected chi connectivity index (χ3v) is 3.70. The lowest BCUT2D eigenvalue weighted by molar-refractivity contribution is 0.444. The molecule has 0 radical (unpaired) electrons. The second-order valence-electron chi connectivity index (χ2n) is 5.23. The molecule has 0 bridgehead atoms. The van der Waals surface area contributed by atoms with Crippen LogP contribution in [0.4, 0.5) is 0 Å². The lowest BCUT2D eigenvalue weighted by Gasteiger charge is -2.09. The summed E-state index contributed by atoms with van der Waals surface area (Å²) in [6.07, 6.45) is 0. The summed E-state index contributed by atoms with van der Waals surface area (Å²) in [5.41, 5.74) is 1.15. The summed E-state index contributed by atoms with van der Waals surface area (Å²) < 4.78 is 5.32. The lowest BCUT2D eigenvalue weighted by Crippen LogP contribution is -2.03. The molecule has 2 aromatic carbocycles. The largest absolute Gasteiger partial charge is 0.508 e. The highest BCUT2D eigenvalue weighted by Crippen LogP contribution is 2.36. The third-order valence-electron chi connectivity index (χ3n) is 3.70. The standard InChI is InChI=1S/C17H14O5/c1-8-5-11(18)6-10-7-13(17(21)22-16(8)10)12-3-4-14(19)9(2)15(12)20/h3-7,18-20H,1-2H3. The van der Waals surface area contributed by atoms with Crippen molar-refractivity contribution >= 4 is 11.0 Å². The van der Waals surface area contributed by atoms with E-state index in [9.17, 15) is 20.1 Å². The van der Waals surface area contributed by atoms with Crippen molar-refractivity contribution in [1.29, 1.82) is 0 Å². The quantitative estimate of drug-likeness (QED) is 0.600. The maximum absolute atomic E-state index is 12.2. The third kappa shape index (κ3) is 2.07. The average molecular weight is 298 g/mol. The molecule has 0 atom stereocenters. The maximum Gasteiger partial charge on any atom is 0.344 e. The van der Waals surface area contributed by atoms with E-state index in [1.807, 2.05) is 0 Å². The molecular formula is C17H14O5. The molecule has 0 amide bonds. The molecule has 22 heavy (non-hydrogen) atoms. The highest BCUT2D eigenvalue weighted by atomic mass is 16.4. The Labute approximate surface area is 125 Å². The van der Waals surface area contributed by atoms with E-state index in [4.69, 9.17) is 4.42 Å². The second kappa shape index (κ2) is 4.80. The molecule has 0 unspecified atom stereocenters. The first kappa shape index (κ1) is 14.0. The maximum atomic E-state index is 12.2. The fourth-order valence-electron chi connectivity index (χ4n) is 2.48. The van der Waals surface area contributed by atoms with E-state index >= 15 is 0 Å². The normalized spacial score (nSPS) is 11.0. The molecule has 112 valence electrons. The number of hydrogen-bond acceptors (Lipinski definition) is 5. The minimum Gasteiger partial charge on any atom is -0.508 e. The van der Waals surface area contributed by atoms with Crippen LogP contribution in [0.5, 0.6) is 17.2 Å². The van der Waals surface area contributed by atoms with Gasteiger partial charge in [-0.05, 0) is 49.7 Å². The van der Waals surface area contributed by atoms with Gasteiger partial charge < -0.3 is 19.7 Å². The molecule has 0 aliphatic carbocycles. The van der Waals surface area contributed by atoms with Crippen LogP contribution in [0, 0.1) is 13.8 Å². The van der Waals surface area contributed by atoms with E-state index in [1.165, 1.54) is 24.3 Å². The monoisotopic (exact) mass is 298 g/mol. The van der Waals surface area contributed by atoms with Crippen molar-refractivity contribution < 1.29 is 19.7 Å². The number of fused-ring (bicyclic) bond motifs is 1. The Balaban J connectivity index is 2.35. The van der Waals surface area contributed by atoms with Crippen LogP contribution < -0.4 is 5.63 Å². The molecule has 1 aromatic heterocycles. The average Bonchev–Trinajstić information content (AvgIpc) is 2.46. The summed E-state index contributed by atoms with van der Waals surface area (Å²) in [5.74, 6) is -0.167. The predicted molar refractivity (Wildman–Crippen MR) is 82.4 cm³/mol. The van der Waals surface area contributed by atoms with Crippen molar-refractivity contribution in [2.75, 3.05) is 0 Å². The van der Waals surface area contributed by atoms with Crippen molar-refractivity contribution in [3.63, 3.8) is 0 Å². The van der Waals surface area contributed by atoms with Crippen LogP contribution >= 0.6 is 0 Å². The van der Waals surface area contributed by atoms with Gasteiger partial charge in [0.1, 0.15) is 22.8 Å². The fraction of sp³-hybridized carbons (Fsp3) is 0.118. The van der Waals surface area contributed by atoms with Gasteiger partial charge in [-0.1, -0.05) is 0 Å². The number of aryl methyl sites for hydroxylation is 1. The Morgan fingerprint density at radius 2 is 1.68 bits per heavy atom. The molecule has 0 aliphatic heterocycles. The zero-order valence-corrected chi connectivity index (χ0v) is 12.0. The Morgan fingerprint density at radius 3 is 2.41 bits per heavy atom. The minimum absolute atomic E-state index is 0.0556. The van der Waals surface area contributed by atoms with Gasteiger partial charge in [-0.2, -0.15) is 0 Å². The van der Waals surface area contributed by atoms with E-state index in [1.54, 1.807) is 19.9 Å². The van der Waals surface area contributed by atoms with Gasteiger partial charge >= 0.3 is 5.63 Å². The van der Waals surface area contributed by atoms with Crippen LogP contribution in [0.1, 0.15) is 11.1 Å². The summed E-state index contributed by atoms with van der Waals surface area (Å²) in [4.78, 5) is 12.2.